The molecule has 8 heteroatoms. The minimum atomic E-state index is 0.242. The van der Waals surface area contributed by atoms with Crippen molar-refractivity contribution in [2.24, 2.45) is 0 Å². The number of aryl methyl sites for hydroxylation is 1. The van der Waals surface area contributed by atoms with Crippen LogP contribution in [0, 0.1) is 0 Å². The first-order chi connectivity index (χ1) is 14.8. The van der Waals surface area contributed by atoms with Crippen LogP contribution in [0.4, 0.5) is 0 Å². The van der Waals surface area contributed by atoms with E-state index < -0.39 is 0 Å². The van der Waals surface area contributed by atoms with Gasteiger partial charge in [-0.3, -0.25) is 9.25 Å². The lowest BCUT2D eigenvalue weighted by Gasteiger charge is -2.15. The van der Waals surface area contributed by atoms with Crippen LogP contribution in [-0.4, -0.2) is 50.1 Å². The first-order valence-electron chi connectivity index (χ1n) is 10.6. The average Bonchev–Trinajstić information content (AvgIpc) is 3.54. The quantitative estimate of drug-likeness (QED) is 0.336. The summed E-state index contributed by atoms with van der Waals surface area (Å²) >= 11 is 1.79. The van der Waals surface area contributed by atoms with Crippen molar-refractivity contribution in [1.82, 2.24) is 24.5 Å². The highest BCUT2D eigenvalue weighted by atomic mass is 32.2. The van der Waals surface area contributed by atoms with E-state index in [1.165, 1.54) is 6.42 Å². The Hall–Kier alpha value is -2.32. The normalized spacial score (nSPS) is 16.2. The molecule has 1 aliphatic heterocycles. The van der Waals surface area contributed by atoms with Crippen LogP contribution in [0.15, 0.2) is 47.9 Å². The van der Waals surface area contributed by atoms with Gasteiger partial charge < -0.3 is 9.47 Å². The molecule has 0 N–H and O–H groups in total. The van der Waals surface area contributed by atoms with Gasteiger partial charge in [-0.2, -0.15) is 5.10 Å². The number of hydrogen-bond donors (Lipinski definition) is 0. The fourth-order valence-electron chi connectivity index (χ4n) is 3.65. The first kappa shape index (κ1) is 20.9. The van der Waals surface area contributed by atoms with Crippen molar-refractivity contribution >= 4 is 11.8 Å². The van der Waals surface area contributed by atoms with Crippen molar-refractivity contribution in [2.45, 2.75) is 56.5 Å². The van der Waals surface area contributed by atoms with E-state index >= 15 is 0 Å². The van der Waals surface area contributed by atoms with Gasteiger partial charge in [0.1, 0.15) is 5.75 Å². The molecule has 30 heavy (non-hydrogen) atoms. The highest BCUT2D eigenvalue weighted by Gasteiger charge is 2.21. The monoisotopic (exact) mass is 427 g/mol. The molecule has 7 nitrogen and oxygen atoms in total. The summed E-state index contributed by atoms with van der Waals surface area (Å²) in [5, 5.41) is 14.3. The van der Waals surface area contributed by atoms with Crippen molar-refractivity contribution in [3.05, 3.63) is 42.7 Å². The summed E-state index contributed by atoms with van der Waals surface area (Å²) in [6.07, 6.45) is 9.78. The molecule has 0 bridgehead atoms. The van der Waals surface area contributed by atoms with E-state index in [2.05, 4.69) is 19.9 Å². The van der Waals surface area contributed by atoms with Crippen LogP contribution in [0.5, 0.6) is 5.75 Å². The minimum Gasteiger partial charge on any atom is -0.497 e. The summed E-state index contributed by atoms with van der Waals surface area (Å²) in [4.78, 5) is 0. The molecular weight excluding hydrogens is 398 g/mol. The maximum atomic E-state index is 5.89. The second kappa shape index (κ2) is 10.6. The molecule has 3 aromatic rings. The third-order valence-electron chi connectivity index (χ3n) is 5.30. The first-order valence-corrected chi connectivity index (χ1v) is 11.6. The van der Waals surface area contributed by atoms with E-state index in [0.717, 1.165) is 73.4 Å². The van der Waals surface area contributed by atoms with Crippen molar-refractivity contribution in [3.63, 3.8) is 0 Å². The van der Waals surface area contributed by atoms with Gasteiger partial charge in [-0.05, 0) is 56.0 Å². The highest BCUT2D eigenvalue weighted by Crippen LogP contribution is 2.28. The number of unbranched alkanes of at least 4 members (excludes halogenated alkanes) is 2. The van der Waals surface area contributed by atoms with Crippen LogP contribution >= 0.6 is 11.8 Å². The molecule has 4 rings (SSSR count). The Labute approximate surface area is 181 Å². The van der Waals surface area contributed by atoms with Crippen LogP contribution in [0.25, 0.3) is 11.4 Å². The second-order valence-electron chi connectivity index (χ2n) is 7.46. The van der Waals surface area contributed by atoms with Gasteiger partial charge in [0.15, 0.2) is 11.0 Å². The smallest absolute Gasteiger partial charge is 0.191 e. The van der Waals surface area contributed by atoms with Gasteiger partial charge in [-0.15, -0.1) is 10.2 Å². The van der Waals surface area contributed by atoms with E-state index in [0.29, 0.717) is 0 Å². The second-order valence-corrected chi connectivity index (χ2v) is 8.52. The number of methoxy groups -OCH3 is 1. The fraction of sp³-hybridized carbons (Fsp3) is 0.500. The van der Waals surface area contributed by atoms with Crippen LogP contribution in [0.1, 0.15) is 32.1 Å². The molecule has 1 aliphatic rings. The van der Waals surface area contributed by atoms with Gasteiger partial charge in [0, 0.05) is 36.9 Å². The summed E-state index contributed by atoms with van der Waals surface area (Å²) in [6.45, 7) is 2.63. The molecule has 0 amide bonds. The molecular formula is C22H29N5O2S. The van der Waals surface area contributed by atoms with Crippen LogP contribution in [0.3, 0.4) is 0 Å². The largest absolute Gasteiger partial charge is 0.497 e. The molecule has 1 fully saturated rings. The van der Waals surface area contributed by atoms with Gasteiger partial charge in [0.05, 0.1) is 19.8 Å². The Morgan fingerprint density at radius 2 is 2.07 bits per heavy atom. The number of benzene rings is 1. The zero-order valence-corrected chi connectivity index (χ0v) is 18.3. The van der Waals surface area contributed by atoms with E-state index in [1.807, 2.05) is 47.4 Å². The predicted octanol–water partition coefficient (Wildman–Crippen LogP) is 4.29. The molecule has 0 radical (unpaired) electrons. The highest BCUT2D eigenvalue weighted by molar-refractivity contribution is 7.99. The van der Waals surface area contributed by atoms with Gasteiger partial charge >= 0.3 is 0 Å². The maximum Gasteiger partial charge on any atom is 0.191 e. The van der Waals surface area contributed by atoms with Crippen LogP contribution < -0.4 is 4.74 Å². The van der Waals surface area contributed by atoms with Crippen molar-refractivity contribution < 1.29 is 9.47 Å². The van der Waals surface area contributed by atoms with Crippen LogP contribution in [0.2, 0.25) is 0 Å². The van der Waals surface area contributed by atoms with Crippen LogP contribution in [-0.2, 0) is 17.8 Å². The van der Waals surface area contributed by atoms with Crippen molar-refractivity contribution in [3.8, 4) is 17.1 Å². The maximum absolute atomic E-state index is 5.89. The Morgan fingerprint density at radius 1 is 1.17 bits per heavy atom. The zero-order chi connectivity index (χ0) is 20.6. The predicted molar refractivity (Wildman–Crippen MR) is 118 cm³/mol. The SMILES string of the molecule is COc1ccc(-c2nnc(SCCCCCn3cccn3)n2CC2CCCO2)cc1. The summed E-state index contributed by atoms with van der Waals surface area (Å²) < 4.78 is 15.4. The number of rotatable bonds is 11. The molecule has 0 spiro atoms. The zero-order valence-electron chi connectivity index (χ0n) is 17.4. The van der Waals surface area contributed by atoms with E-state index in [9.17, 15) is 0 Å². The van der Waals surface area contributed by atoms with Crippen molar-refractivity contribution in [2.75, 3.05) is 19.5 Å². The topological polar surface area (TPSA) is 67.0 Å². The fourth-order valence-corrected chi connectivity index (χ4v) is 4.60. The molecule has 1 saturated heterocycles. The number of ether oxygens (including phenoxy) is 2. The van der Waals surface area contributed by atoms with Gasteiger partial charge in [0.2, 0.25) is 0 Å². The average molecular weight is 428 g/mol. The summed E-state index contributed by atoms with van der Waals surface area (Å²) in [6, 6.07) is 9.98. The minimum absolute atomic E-state index is 0.242. The molecule has 1 atom stereocenters. The molecule has 1 unspecified atom stereocenters. The molecule has 3 heterocycles. The molecule has 160 valence electrons. The Balaban J connectivity index is 1.37. The lowest BCUT2D eigenvalue weighted by atomic mass is 10.2. The van der Waals surface area contributed by atoms with E-state index in [4.69, 9.17) is 9.47 Å². The number of thioether (sulfide) groups is 1. The van der Waals surface area contributed by atoms with E-state index in [-0.39, 0.29) is 6.10 Å². The number of hydrogen-bond acceptors (Lipinski definition) is 6. The molecule has 2 aromatic heterocycles. The van der Waals surface area contributed by atoms with Gasteiger partial charge in [0.25, 0.3) is 0 Å². The third-order valence-corrected chi connectivity index (χ3v) is 6.35. The standard InChI is InChI=1S/C22H29N5O2S/c1-28-19-10-8-18(9-11-19)21-24-25-22(27(21)17-20-7-5-15-29-20)30-16-4-2-3-13-26-14-6-12-23-26/h6,8-12,14,20H,2-5,7,13,15-17H2,1H3. The molecule has 0 aliphatic carbocycles. The Bertz CT molecular complexity index is 889. The van der Waals surface area contributed by atoms with Crippen molar-refractivity contribution in [1.29, 1.82) is 0 Å². The summed E-state index contributed by atoms with van der Waals surface area (Å²) in [5.74, 6) is 2.77. The Kier molecular flexibility index (Phi) is 7.42. The number of aromatic nitrogens is 5. The molecule has 0 saturated carbocycles. The summed E-state index contributed by atoms with van der Waals surface area (Å²) in [5.41, 5.74) is 1.05. The lowest BCUT2D eigenvalue weighted by Crippen LogP contribution is -2.16. The molecule has 1 aromatic carbocycles. The lowest BCUT2D eigenvalue weighted by molar-refractivity contribution is 0.0953. The van der Waals surface area contributed by atoms with E-state index in [1.54, 1.807) is 18.9 Å². The summed E-state index contributed by atoms with van der Waals surface area (Å²) in [7, 11) is 1.68. The Morgan fingerprint density at radius 3 is 2.80 bits per heavy atom. The van der Waals surface area contributed by atoms with Gasteiger partial charge in [-0.25, -0.2) is 0 Å². The third kappa shape index (κ3) is 5.43. The van der Waals surface area contributed by atoms with Gasteiger partial charge in [-0.1, -0.05) is 18.2 Å². The number of nitrogens with zero attached hydrogens (tertiary/aromatic N) is 5.